The molecule has 0 unspecified atom stereocenters. The standard InChI is InChI=1S/C3H8O2/c1-3(5)2-4/h3-5H,2H2,1H3/t3-/m0/s1/i2+1. The quantitative estimate of drug-likeness (QED) is 0.409. The van der Waals surface area contributed by atoms with Crippen LogP contribution < -0.4 is 0 Å². The topological polar surface area (TPSA) is 40.5 Å². The Morgan fingerprint density at radius 1 is 1.80 bits per heavy atom. The van der Waals surface area contributed by atoms with Crippen molar-refractivity contribution < 1.29 is 10.2 Å². The molecule has 1 atom stereocenters. The van der Waals surface area contributed by atoms with Crippen LogP contribution in [0.25, 0.3) is 0 Å². The van der Waals surface area contributed by atoms with Crippen molar-refractivity contribution in [2.24, 2.45) is 0 Å². The van der Waals surface area contributed by atoms with E-state index in [1.165, 1.54) is 6.92 Å². The van der Waals surface area contributed by atoms with Crippen molar-refractivity contribution in [2.75, 3.05) is 6.61 Å². The molecule has 0 rings (SSSR count). The number of rotatable bonds is 1. The first kappa shape index (κ1) is 4.92. The average Bonchev–Trinajstić information content (AvgIpc) is 1.38. The Kier molecular flexibility index (Phi) is 2.14. The molecule has 0 aliphatic rings. The van der Waals surface area contributed by atoms with Gasteiger partial charge in [-0.1, -0.05) is 0 Å². The van der Waals surface area contributed by atoms with Crippen LogP contribution in [0.4, 0.5) is 0 Å². The van der Waals surface area contributed by atoms with Gasteiger partial charge >= 0.3 is 0 Å². The molecule has 32 valence electrons. The second-order valence-corrected chi connectivity index (χ2v) is 1.03. The van der Waals surface area contributed by atoms with Crippen molar-refractivity contribution in [3.05, 3.63) is 0 Å². The minimum Gasteiger partial charge on any atom is -0.394 e. The normalized spacial score (nSPS) is 15.0. The number of aliphatic hydroxyl groups is 2. The third kappa shape index (κ3) is 3.92. The molecule has 5 heavy (non-hydrogen) atoms. The SMILES string of the molecule is C[C@H](O)[13CH2]O. The van der Waals surface area contributed by atoms with E-state index in [0.29, 0.717) is 0 Å². The summed E-state index contributed by atoms with van der Waals surface area (Å²) in [4.78, 5) is 0. The van der Waals surface area contributed by atoms with E-state index in [9.17, 15) is 0 Å². The van der Waals surface area contributed by atoms with Crippen LogP contribution in [0.3, 0.4) is 0 Å². The average molecular weight is 77.1 g/mol. The molecule has 0 saturated heterocycles. The monoisotopic (exact) mass is 77.1 g/mol. The highest BCUT2D eigenvalue weighted by molar-refractivity contribution is 4.33. The van der Waals surface area contributed by atoms with E-state index in [2.05, 4.69) is 0 Å². The minimum absolute atomic E-state index is 0.139. The number of hydrogen-bond donors (Lipinski definition) is 2. The van der Waals surface area contributed by atoms with E-state index in [-0.39, 0.29) is 6.61 Å². The van der Waals surface area contributed by atoms with Crippen LogP contribution in [-0.4, -0.2) is 22.9 Å². The second kappa shape index (κ2) is 2.18. The zero-order chi connectivity index (χ0) is 4.28. The van der Waals surface area contributed by atoms with Crippen LogP contribution in [-0.2, 0) is 0 Å². The summed E-state index contributed by atoms with van der Waals surface area (Å²) in [5.41, 5.74) is 0. The third-order valence-corrected chi connectivity index (χ3v) is 0.264. The van der Waals surface area contributed by atoms with Gasteiger partial charge in [-0.3, -0.25) is 0 Å². The summed E-state index contributed by atoms with van der Waals surface area (Å²) in [6.45, 7) is 1.39. The zero-order valence-corrected chi connectivity index (χ0v) is 3.18. The van der Waals surface area contributed by atoms with Gasteiger partial charge in [-0.15, -0.1) is 0 Å². The van der Waals surface area contributed by atoms with Gasteiger partial charge in [0, 0.05) is 0 Å². The molecule has 0 fully saturated rings. The maximum Gasteiger partial charge on any atom is 0.0742 e. The first-order chi connectivity index (χ1) is 2.27. The predicted molar refractivity (Wildman–Crippen MR) is 18.8 cm³/mol. The van der Waals surface area contributed by atoms with Gasteiger partial charge in [0.2, 0.25) is 0 Å². The summed E-state index contributed by atoms with van der Waals surface area (Å²) in [6, 6.07) is 0. The predicted octanol–water partition coefficient (Wildman–Crippen LogP) is -0.641. The molecule has 0 heterocycles. The van der Waals surface area contributed by atoms with Crippen LogP contribution in [0.2, 0.25) is 0 Å². The molecule has 0 spiro atoms. The summed E-state index contributed by atoms with van der Waals surface area (Å²) in [7, 11) is 0. The highest BCUT2D eigenvalue weighted by Gasteiger charge is 1.83. The fraction of sp³-hybridized carbons (Fsp3) is 1.00. The summed E-state index contributed by atoms with van der Waals surface area (Å²) < 4.78 is 0. The molecular formula is C3H8O2. The molecule has 0 bridgehead atoms. The second-order valence-electron chi connectivity index (χ2n) is 1.03. The maximum atomic E-state index is 8.11. The Hall–Kier alpha value is -0.0800. The Morgan fingerprint density at radius 3 is 2.00 bits per heavy atom. The van der Waals surface area contributed by atoms with Crippen molar-refractivity contribution >= 4 is 0 Å². The summed E-state index contributed by atoms with van der Waals surface area (Å²) in [5.74, 6) is 0. The lowest BCUT2D eigenvalue weighted by molar-refractivity contribution is 0.110. The van der Waals surface area contributed by atoms with Gasteiger partial charge in [-0.05, 0) is 6.92 Å². The lowest BCUT2D eigenvalue weighted by atomic mass is 10.6. The molecule has 0 radical (unpaired) electrons. The van der Waals surface area contributed by atoms with Gasteiger partial charge < -0.3 is 10.2 Å². The molecule has 0 aromatic heterocycles. The molecule has 0 aliphatic heterocycles. The van der Waals surface area contributed by atoms with E-state index in [1.54, 1.807) is 0 Å². The van der Waals surface area contributed by atoms with Gasteiger partial charge in [0.1, 0.15) is 0 Å². The van der Waals surface area contributed by atoms with Crippen LogP contribution in [0.1, 0.15) is 6.92 Å². The molecule has 2 nitrogen and oxygen atoms in total. The third-order valence-electron chi connectivity index (χ3n) is 0.264. The van der Waals surface area contributed by atoms with E-state index < -0.39 is 6.10 Å². The molecule has 0 amide bonds. The van der Waals surface area contributed by atoms with Crippen molar-refractivity contribution in [1.82, 2.24) is 0 Å². The van der Waals surface area contributed by atoms with Crippen molar-refractivity contribution in [2.45, 2.75) is 13.0 Å². The molecule has 0 aromatic rings. The number of hydrogen-bond acceptors (Lipinski definition) is 2. The van der Waals surface area contributed by atoms with Crippen LogP contribution in [0, 0.1) is 0 Å². The van der Waals surface area contributed by atoms with Crippen molar-refractivity contribution in [1.29, 1.82) is 0 Å². The Morgan fingerprint density at radius 2 is 2.00 bits per heavy atom. The van der Waals surface area contributed by atoms with Gasteiger partial charge in [-0.25, -0.2) is 0 Å². The fourth-order valence-electron chi connectivity index (χ4n) is 0. The van der Waals surface area contributed by atoms with E-state index in [0.717, 1.165) is 0 Å². The van der Waals surface area contributed by atoms with Gasteiger partial charge in [0.15, 0.2) is 0 Å². The molecule has 0 saturated carbocycles. The lowest BCUT2D eigenvalue weighted by Gasteiger charge is -1.90. The zero-order valence-electron chi connectivity index (χ0n) is 3.18. The first-order valence-corrected chi connectivity index (χ1v) is 1.56. The maximum absolute atomic E-state index is 8.11. The molecule has 0 aliphatic carbocycles. The fourth-order valence-corrected chi connectivity index (χ4v) is 0. The molecule has 0 aromatic carbocycles. The summed E-state index contributed by atoms with van der Waals surface area (Å²) in [5, 5.41) is 16.0. The largest absolute Gasteiger partial charge is 0.394 e. The first-order valence-electron chi connectivity index (χ1n) is 1.56. The van der Waals surface area contributed by atoms with E-state index >= 15 is 0 Å². The van der Waals surface area contributed by atoms with Gasteiger partial charge in [-0.2, -0.15) is 0 Å². The summed E-state index contributed by atoms with van der Waals surface area (Å²) in [6.07, 6.45) is -0.560. The van der Waals surface area contributed by atoms with Gasteiger partial charge in [0.05, 0.1) is 12.7 Å². The van der Waals surface area contributed by atoms with E-state index in [1.807, 2.05) is 0 Å². The van der Waals surface area contributed by atoms with Crippen LogP contribution in [0.5, 0.6) is 0 Å². The number of aliphatic hydroxyl groups excluding tert-OH is 2. The Bertz CT molecular complexity index is 18.9. The van der Waals surface area contributed by atoms with E-state index in [4.69, 9.17) is 10.2 Å². The Labute approximate surface area is 31.1 Å². The highest BCUT2D eigenvalue weighted by Crippen LogP contribution is 1.68. The lowest BCUT2D eigenvalue weighted by Crippen LogP contribution is -2.03. The highest BCUT2D eigenvalue weighted by atomic mass is 16.4. The Balaban J connectivity index is 2.54. The van der Waals surface area contributed by atoms with Gasteiger partial charge in [0.25, 0.3) is 0 Å². The van der Waals surface area contributed by atoms with Crippen LogP contribution >= 0.6 is 0 Å². The molecule has 2 N–H and O–H groups in total. The smallest absolute Gasteiger partial charge is 0.0742 e. The molecular weight excluding hydrogens is 69.0 g/mol. The van der Waals surface area contributed by atoms with Crippen molar-refractivity contribution in [3.63, 3.8) is 0 Å². The molecule has 2 heteroatoms. The summed E-state index contributed by atoms with van der Waals surface area (Å²) >= 11 is 0. The van der Waals surface area contributed by atoms with Crippen LogP contribution in [0.15, 0.2) is 0 Å². The van der Waals surface area contributed by atoms with Crippen molar-refractivity contribution in [3.8, 4) is 0 Å². The minimum atomic E-state index is -0.560.